The number of rotatable bonds is 7. The second-order valence-corrected chi connectivity index (χ2v) is 8.25. The summed E-state index contributed by atoms with van der Waals surface area (Å²) in [5.41, 5.74) is 0.828. The number of nitrogens with one attached hydrogen (secondary N) is 1. The number of anilines is 2. The van der Waals surface area contributed by atoms with Gasteiger partial charge in [-0.25, -0.2) is 8.42 Å². The number of carbonyl (C=O) groups excluding carboxylic acids is 1. The number of benzene rings is 2. The average molecular weight is 432 g/mol. The lowest BCUT2D eigenvalue weighted by Gasteiger charge is -2.24. The first-order valence-corrected chi connectivity index (χ1v) is 10.3. The van der Waals surface area contributed by atoms with Crippen LogP contribution in [0.15, 0.2) is 78.0 Å². The van der Waals surface area contributed by atoms with Crippen molar-refractivity contribution in [3.8, 4) is 5.75 Å². The van der Waals surface area contributed by atoms with E-state index >= 15 is 0 Å². The fourth-order valence-electron chi connectivity index (χ4n) is 2.55. The zero-order chi connectivity index (χ0) is 20.9. The van der Waals surface area contributed by atoms with Gasteiger partial charge in [0.05, 0.1) is 12.8 Å². The molecule has 0 saturated carbocycles. The normalized spacial score (nSPS) is 11.0. The van der Waals surface area contributed by atoms with Crippen LogP contribution < -0.4 is 14.4 Å². The molecule has 1 aromatic heterocycles. The molecule has 0 fully saturated rings. The van der Waals surface area contributed by atoms with E-state index in [1.165, 1.54) is 31.6 Å². The van der Waals surface area contributed by atoms with Crippen molar-refractivity contribution in [2.45, 2.75) is 4.90 Å². The van der Waals surface area contributed by atoms with Crippen LogP contribution in [0, 0.1) is 0 Å². The molecule has 9 heteroatoms. The van der Waals surface area contributed by atoms with Crippen LogP contribution in [0.2, 0.25) is 5.02 Å². The van der Waals surface area contributed by atoms with Crippen molar-refractivity contribution in [2.24, 2.45) is 0 Å². The number of sulfonamides is 1. The first-order valence-electron chi connectivity index (χ1n) is 8.52. The van der Waals surface area contributed by atoms with Crippen LogP contribution in [0.25, 0.3) is 0 Å². The molecule has 150 valence electrons. The summed E-state index contributed by atoms with van der Waals surface area (Å²) in [7, 11) is -2.51. The van der Waals surface area contributed by atoms with Gasteiger partial charge in [0.25, 0.3) is 10.0 Å². The van der Waals surface area contributed by atoms with Crippen LogP contribution >= 0.6 is 11.6 Å². The van der Waals surface area contributed by atoms with Gasteiger partial charge in [0.1, 0.15) is 17.2 Å². The van der Waals surface area contributed by atoms with E-state index < -0.39 is 22.5 Å². The molecule has 0 saturated heterocycles. The van der Waals surface area contributed by atoms with Crippen molar-refractivity contribution in [3.63, 3.8) is 0 Å². The van der Waals surface area contributed by atoms with Gasteiger partial charge < -0.3 is 10.1 Å². The SMILES string of the molecule is COc1ccc(N(CC(=O)Nc2ccc(Cl)cc2)S(=O)(=O)c2cccnc2)cc1. The minimum absolute atomic E-state index is 0.0184. The predicted octanol–water partition coefficient (Wildman–Crippen LogP) is 3.58. The number of methoxy groups -OCH3 is 1. The predicted molar refractivity (Wildman–Crippen MR) is 112 cm³/mol. The standard InChI is InChI=1S/C20H18ClN3O4S/c1-28-18-10-8-17(9-11-18)24(29(26,27)19-3-2-12-22-13-19)14-20(25)23-16-6-4-15(21)5-7-16/h2-13H,14H2,1H3,(H,23,25). The average Bonchev–Trinajstić information content (AvgIpc) is 2.74. The molecule has 29 heavy (non-hydrogen) atoms. The van der Waals surface area contributed by atoms with Gasteiger partial charge in [0, 0.05) is 23.1 Å². The van der Waals surface area contributed by atoms with E-state index in [1.54, 1.807) is 48.5 Å². The van der Waals surface area contributed by atoms with Gasteiger partial charge in [-0.05, 0) is 60.7 Å². The third-order valence-electron chi connectivity index (χ3n) is 4.00. The maximum absolute atomic E-state index is 13.2. The van der Waals surface area contributed by atoms with Crippen LogP contribution in [0.5, 0.6) is 5.75 Å². The number of carbonyl (C=O) groups is 1. The van der Waals surface area contributed by atoms with E-state index in [2.05, 4.69) is 10.3 Å². The Bertz CT molecular complexity index is 1070. The minimum Gasteiger partial charge on any atom is -0.497 e. The monoisotopic (exact) mass is 431 g/mol. The molecule has 7 nitrogen and oxygen atoms in total. The maximum Gasteiger partial charge on any atom is 0.266 e. The number of halogens is 1. The summed E-state index contributed by atoms with van der Waals surface area (Å²) >= 11 is 5.85. The lowest BCUT2D eigenvalue weighted by Crippen LogP contribution is -2.38. The molecule has 1 N–H and O–H groups in total. The molecule has 0 radical (unpaired) electrons. The molecule has 0 atom stereocenters. The number of nitrogens with zero attached hydrogens (tertiary/aromatic N) is 2. The van der Waals surface area contributed by atoms with E-state index in [4.69, 9.17) is 16.3 Å². The van der Waals surface area contributed by atoms with Crippen molar-refractivity contribution in [2.75, 3.05) is 23.3 Å². The topological polar surface area (TPSA) is 88.6 Å². The number of hydrogen-bond donors (Lipinski definition) is 1. The van der Waals surface area contributed by atoms with E-state index in [0.717, 1.165) is 4.31 Å². The first kappa shape index (κ1) is 20.6. The molecule has 0 aliphatic rings. The van der Waals surface area contributed by atoms with Crippen molar-refractivity contribution in [1.82, 2.24) is 4.98 Å². The Balaban J connectivity index is 1.91. The Morgan fingerprint density at radius 3 is 2.38 bits per heavy atom. The Hall–Kier alpha value is -3.10. The van der Waals surface area contributed by atoms with Crippen LogP contribution in [0.4, 0.5) is 11.4 Å². The van der Waals surface area contributed by atoms with E-state index in [9.17, 15) is 13.2 Å². The van der Waals surface area contributed by atoms with Gasteiger partial charge in [-0.15, -0.1) is 0 Å². The van der Waals surface area contributed by atoms with Crippen molar-refractivity contribution in [1.29, 1.82) is 0 Å². The Morgan fingerprint density at radius 2 is 1.79 bits per heavy atom. The lowest BCUT2D eigenvalue weighted by molar-refractivity contribution is -0.114. The second-order valence-electron chi connectivity index (χ2n) is 5.95. The van der Waals surface area contributed by atoms with Crippen LogP contribution in [0.1, 0.15) is 0 Å². The second kappa shape index (κ2) is 8.93. The van der Waals surface area contributed by atoms with Crippen LogP contribution in [-0.2, 0) is 14.8 Å². The number of amides is 1. The van der Waals surface area contributed by atoms with Gasteiger partial charge in [0.2, 0.25) is 5.91 Å². The summed E-state index contributed by atoms with van der Waals surface area (Å²) in [6, 6.07) is 15.9. The lowest BCUT2D eigenvalue weighted by atomic mass is 10.3. The smallest absolute Gasteiger partial charge is 0.266 e. The molecule has 2 aromatic carbocycles. The molecule has 1 amide bonds. The van der Waals surface area contributed by atoms with E-state index in [0.29, 0.717) is 22.1 Å². The van der Waals surface area contributed by atoms with E-state index in [-0.39, 0.29) is 4.90 Å². The molecular weight excluding hydrogens is 414 g/mol. The van der Waals surface area contributed by atoms with Crippen LogP contribution in [0.3, 0.4) is 0 Å². The van der Waals surface area contributed by atoms with Gasteiger partial charge >= 0.3 is 0 Å². The molecule has 0 unspecified atom stereocenters. The molecule has 3 aromatic rings. The van der Waals surface area contributed by atoms with Gasteiger partial charge in [-0.3, -0.25) is 14.1 Å². The van der Waals surface area contributed by atoms with Gasteiger partial charge in [0.15, 0.2) is 0 Å². The third kappa shape index (κ3) is 5.04. The molecule has 0 bridgehead atoms. The van der Waals surface area contributed by atoms with Crippen molar-refractivity contribution in [3.05, 3.63) is 78.1 Å². The van der Waals surface area contributed by atoms with Crippen molar-refractivity contribution >= 4 is 38.9 Å². The maximum atomic E-state index is 13.2. The Kier molecular flexibility index (Phi) is 6.36. The fourth-order valence-corrected chi connectivity index (χ4v) is 4.07. The van der Waals surface area contributed by atoms with Crippen LogP contribution in [-0.4, -0.2) is 33.0 Å². The summed E-state index contributed by atoms with van der Waals surface area (Å²) < 4.78 is 32.5. The summed E-state index contributed by atoms with van der Waals surface area (Å²) in [6.45, 7) is -0.424. The third-order valence-corrected chi connectivity index (χ3v) is 6.01. The molecule has 0 aliphatic carbocycles. The highest BCUT2D eigenvalue weighted by Crippen LogP contribution is 2.25. The Labute approximate surface area is 174 Å². The number of aromatic nitrogens is 1. The molecule has 0 spiro atoms. The zero-order valence-corrected chi connectivity index (χ0v) is 17.0. The van der Waals surface area contributed by atoms with Crippen molar-refractivity contribution < 1.29 is 17.9 Å². The zero-order valence-electron chi connectivity index (χ0n) is 15.4. The summed E-state index contributed by atoms with van der Waals surface area (Å²) in [5, 5.41) is 3.20. The highest BCUT2D eigenvalue weighted by Gasteiger charge is 2.27. The largest absolute Gasteiger partial charge is 0.497 e. The Morgan fingerprint density at radius 1 is 1.10 bits per heavy atom. The first-order chi connectivity index (χ1) is 13.9. The van der Waals surface area contributed by atoms with E-state index in [1.807, 2.05) is 0 Å². The molecule has 1 heterocycles. The van der Waals surface area contributed by atoms with Gasteiger partial charge in [-0.2, -0.15) is 0 Å². The highest BCUT2D eigenvalue weighted by atomic mass is 35.5. The molecular formula is C20H18ClN3O4S. The molecule has 0 aliphatic heterocycles. The summed E-state index contributed by atoms with van der Waals surface area (Å²) in [6.07, 6.45) is 2.72. The number of ether oxygens (including phenoxy) is 1. The number of pyridine rings is 1. The molecule has 3 rings (SSSR count). The summed E-state index contributed by atoms with van der Waals surface area (Å²) in [4.78, 5) is 16.4. The fraction of sp³-hybridized carbons (Fsp3) is 0.100. The number of hydrogen-bond acceptors (Lipinski definition) is 5. The quantitative estimate of drug-likeness (QED) is 0.617. The summed E-state index contributed by atoms with van der Waals surface area (Å²) in [5.74, 6) is 0.0636. The highest BCUT2D eigenvalue weighted by molar-refractivity contribution is 7.92. The van der Waals surface area contributed by atoms with Gasteiger partial charge in [-0.1, -0.05) is 11.6 Å². The minimum atomic E-state index is -4.02.